The fraction of sp³-hybridized carbons (Fsp3) is 0.250. The third-order valence-electron chi connectivity index (χ3n) is 5.13. The first-order valence-corrected chi connectivity index (χ1v) is 10.3. The van der Waals surface area contributed by atoms with Crippen LogP contribution in [0, 0.1) is 11.3 Å². The number of nitrogens with zero attached hydrogens (tertiary/aromatic N) is 4. The van der Waals surface area contributed by atoms with E-state index in [-0.39, 0.29) is 12.5 Å². The van der Waals surface area contributed by atoms with Gasteiger partial charge < -0.3 is 15.0 Å². The molecule has 0 spiro atoms. The highest BCUT2D eigenvalue weighted by atomic mass is 16.5. The second kappa shape index (κ2) is 9.72. The molecule has 0 bridgehead atoms. The number of nitriles is 1. The van der Waals surface area contributed by atoms with Gasteiger partial charge in [0.05, 0.1) is 17.3 Å². The van der Waals surface area contributed by atoms with Gasteiger partial charge in [-0.2, -0.15) is 5.26 Å². The smallest absolute Gasteiger partial charge is 0.262 e. The van der Waals surface area contributed by atoms with Gasteiger partial charge in [-0.05, 0) is 67.8 Å². The molecule has 0 unspecified atom stereocenters. The Balaban J connectivity index is 1.36. The number of amides is 1. The third-order valence-corrected chi connectivity index (χ3v) is 5.13. The average Bonchev–Trinajstić information content (AvgIpc) is 2.84. The lowest BCUT2D eigenvalue weighted by molar-refractivity contribution is -0.118. The maximum Gasteiger partial charge on any atom is 0.262 e. The predicted molar refractivity (Wildman–Crippen MR) is 119 cm³/mol. The van der Waals surface area contributed by atoms with Crippen LogP contribution < -0.4 is 15.0 Å². The number of benzene rings is 2. The number of hydrogen-bond donors (Lipinski definition) is 1. The fourth-order valence-electron chi connectivity index (χ4n) is 3.50. The molecule has 4 rings (SSSR count). The van der Waals surface area contributed by atoms with Gasteiger partial charge in [-0.15, -0.1) is 10.2 Å². The van der Waals surface area contributed by atoms with Crippen molar-refractivity contribution >= 4 is 17.4 Å². The number of hydrogen-bond acceptors (Lipinski definition) is 6. The molecular weight excluding hydrogens is 390 g/mol. The van der Waals surface area contributed by atoms with Crippen molar-refractivity contribution in [1.82, 2.24) is 10.2 Å². The van der Waals surface area contributed by atoms with Crippen molar-refractivity contribution in [1.29, 1.82) is 5.26 Å². The number of ether oxygens (including phenoxy) is 1. The molecule has 1 fully saturated rings. The molecule has 156 valence electrons. The van der Waals surface area contributed by atoms with Gasteiger partial charge in [0.1, 0.15) is 5.75 Å². The van der Waals surface area contributed by atoms with Crippen molar-refractivity contribution in [3.8, 4) is 23.1 Å². The summed E-state index contributed by atoms with van der Waals surface area (Å²) in [6, 6.07) is 20.1. The minimum absolute atomic E-state index is 0.125. The Morgan fingerprint density at radius 3 is 2.55 bits per heavy atom. The normalized spacial score (nSPS) is 13.3. The summed E-state index contributed by atoms with van der Waals surface area (Å²) in [7, 11) is 0. The predicted octanol–water partition coefficient (Wildman–Crippen LogP) is 4.02. The molecule has 1 aliphatic rings. The molecular formula is C24H23N5O2. The maximum atomic E-state index is 12.3. The average molecular weight is 413 g/mol. The van der Waals surface area contributed by atoms with Crippen LogP contribution in [-0.4, -0.2) is 35.8 Å². The lowest BCUT2D eigenvalue weighted by Crippen LogP contribution is -2.30. The van der Waals surface area contributed by atoms with E-state index in [1.807, 2.05) is 42.5 Å². The van der Waals surface area contributed by atoms with E-state index < -0.39 is 0 Å². The van der Waals surface area contributed by atoms with Crippen molar-refractivity contribution in [2.24, 2.45) is 0 Å². The first-order valence-electron chi connectivity index (χ1n) is 10.3. The summed E-state index contributed by atoms with van der Waals surface area (Å²) in [6.07, 6.45) is 3.67. The van der Waals surface area contributed by atoms with Crippen molar-refractivity contribution in [3.63, 3.8) is 0 Å². The molecule has 0 radical (unpaired) electrons. The van der Waals surface area contributed by atoms with Crippen LogP contribution in [0.3, 0.4) is 0 Å². The van der Waals surface area contributed by atoms with Crippen LogP contribution in [0.5, 0.6) is 5.75 Å². The SMILES string of the molecule is N#Cc1ccc(OCC(=O)Nc2cccc(-c3ccc(N4CCCCC4)nn3)c2)cc1. The Morgan fingerprint density at radius 2 is 1.84 bits per heavy atom. The molecule has 2 aromatic carbocycles. The van der Waals surface area contributed by atoms with Crippen molar-refractivity contribution in [2.75, 3.05) is 29.9 Å². The molecule has 31 heavy (non-hydrogen) atoms. The second-order valence-electron chi connectivity index (χ2n) is 7.38. The minimum Gasteiger partial charge on any atom is -0.484 e. The summed E-state index contributed by atoms with van der Waals surface area (Å²) < 4.78 is 5.48. The van der Waals surface area contributed by atoms with E-state index in [0.717, 1.165) is 30.2 Å². The van der Waals surface area contributed by atoms with Gasteiger partial charge in [-0.3, -0.25) is 4.79 Å². The van der Waals surface area contributed by atoms with Gasteiger partial charge in [-0.1, -0.05) is 12.1 Å². The molecule has 1 amide bonds. The van der Waals surface area contributed by atoms with Crippen LogP contribution in [0.4, 0.5) is 11.5 Å². The highest BCUT2D eigenvalue weighted by Gasteiger charge is 2.13. The summed E-state index contributed by atoms with van der Waals surface area (Å²) in [5.41, 5.74) is 2.84. The third kappa shape index (κ3) is 5.37. The van der Waals surface area contributed by atoms with E-state index in [9.17, 15) is 4.79 Å². The van der Waals surface area contributed by atoms with E-state index in [1.165, 1.54) is 19.3 Å². The van der Waals surface area contributed by atoms with E-state index in [0.29, 0.717) is 17.0 Å². The molecule has 0 aliphatic carbocycles. The zero-order valence-electron chi connectivity index (χ0n) is 17.1. The number of carbonyl (C=O) groups excluding carboxylic acids is 1. The number of piperidine rings is 1. The number of carbonyl (C=O) groups is 1. The van der Waals surface area contributed by atoms with E-state index >= 15 is 0 Å². The largest absolute Gasteiger partial charge is 0.484 e. The topological polar surface area (TPSA) is 91.1 Å². The molecule has 0 atom stereocenters. The van der Waals surface area contributed by atoms with Crippen molar-refractivity contribution in [2.45, 2.75) is 19.3 Å². The van der Waals surface area contributed by atoms with E-state index in [1.54, 1.807) is 24.3 Å². The van der Waals surface area contributed by atoms with E-state index in [2.05, 4.69) is 20.4 Å². The Labute approximate surface area is 181 Å². The van der Waals surface area contributed by atoms with Crippen LogP contribution in [0.25, 0.3) is 11.3 Å². The van der Waals surface area contributed by atoms with Crippen molar-refractivity contribution in [3.05, 3.63) is 66.2 Å². The zero-order valence-corrected chi connectivity index (χ0v) is 17.1. The Kier molecular flexibility index (Phi) is 6.38. The fourth-order valence-corrected chi connectivity index (χ4v) is 3.50. The minimum atomic E-state index is -0.270. The molecule has 1 aliphatic heterocycles. The van der Waals surface area contributed by atoms with Gasteiger partial charge >= 0.3 is 0 Å². The van der Waals surface area contributed by atoms with Crippen LogP contribution in [0.1, 0.15) is 24.8 Å². The van der Waals surface area contributed by atoms with Crippen LogP contribution in [0.15, 0.2) is 60.7 Å². The highest BCUT2D eigenvalue weighted by molar-refractivity contribution is 5.92. The lowest BCUT2D eigenvalue weighted by Gasteiger charge is -2.27. The number of aromatic nitrogens is 2. The number of anilines is 2. The summed E-state index contributed by atoms with van der Waals surface area (Å²) >= 11 is 0. The van der Waals surface area contributed by atoms with Crippen LogP contribution in [-0.2, 0) is 4.79 Å². The maximum absolute atomic E-state index is 12.3. The molecule has 1 aromatic heterocycles. The first kappa shape index (κ1) is 20.4. The quantitative estimate of drug-likeness (QED) is 0.656. The summed E-state index contributed by atoms with van der Waals surface area (Å²) in [5.74, 6) is 1.17. The Morgan fingerprint density at radius 1 is 1.03 bits per heavy atom. The number of rotatable bonds is 6. The standard InChI is InChI=1S/C24H23N5O2/c25-16-18-7-9-21(10-8-18)31-17-24(30)26-20-6-4-5-19(15-20)22-11-12-23(28-27-22)29-13-2-1-3-14-29/h4-12,15H,1-3,13-14,17H2,(H,26,30). The molecule has 1 saturated heterocycles. The molecule has 0 saturated carbocycles. The number of nitrogens with one attached hydrogen (secondary N) is 1. The summed E-state index contributed by atoms with van der Waals surface area (Å²) in [4.78, 5) is 14.5. The molecule has 7 heteroatoms. The molecule has 7 nitrogen and oxygen atoms in total. The summed E-state index contributed by atoms with van der Waals surface area (Å²) in [5, 5.41) is 20.4. The molecule has 1 N–H and O–H groups in total. The second-order valence-corrected chi connectivity index (χ2v) is 7.38. The monoisotopic (exact) mass is 413 g/mol. The van der Waals surface area contributed by atoms with Gasteiger partial charge in [-0.25, -0.2) is 0 Å². The van der Waals surface area contributed by atoms with Gasteiger partial charge in [0, 0.05) is 24.3 Å². The lowest BCUT2D eigenvalue weighted by atomic mass is 10.1. The van der Waals surface area contributed by atoms with Crippen LogP contribution in [0.2, 0.25) is 0 Å². The zero-order chi connectivity index (χ0) is 21.5. The molecule has 2 heterocycles. The molecule has 3 aromatic rings. The Hall–Kier alpha value is -3.92. The first-order chi connectivity index (χ1) is 15.2. The summed E-state index contributed by atoms with van der Waals surface area (Å²) in [6.45, 7) is 1.93. The Bertz CT molecular complexity index is 1070. The van der Waals surface area contributed by atoms with E-state index in [4.69, 9.17) is 10.00 Å². The van der Waals surface area contributed by atoms with Crippen LogP contribution >= 0.6 is 0 Å². The van der Waals surface area contributed by atoms with Gasteiger partial charge in [0.15, 0.2) is 12.4 Å². The van der Waals surface area contributed by atoms with Crippen molar-refractivity contribution < 1.29 is 9.53 Å². The van der Waals surface area contributed by atoms with Gasteiger partial charge in [0.25, 0.3) is 5.91 Å². The highest BCUT2D eigenvalue weighted by Crippen LogP contribution is 2.23. The van der Waals surface area contributed by atoms with Gasteiger partial charge in [0.2, 0.25) is 0 Å².